The van der Waals surface area contributed by atoms with Gasteiger partial charge in [-0.05, 0) is 28.1 Å². The maximum Gasteiger partial charge on any atom is 0.140 e. The summed E-state index contributed by atoms with van der Waals surface area (Å²) in [5, 5.41) is 2.88. The molecule has 0 unspecified atom stereocenters. The number of ether oxygens (including phenoxy) is 1. The largest absolute Gasteiger partial charge is 0.486 e. The molecule has 0 fully saturated rings. The van der Waals surface area contributed by atoms with Crippen molar-refractivity contribution in [2.75, 3.05) is 5.73 Å². The molecule has 3 nitrogen and oxygen atoms in total. The van der Waals surface area contributed by atoms with Crippen LogP contribution in [0.15, 0.2) is 34.2 Å². The minimum Gasteiger partial charge on any atom is -0.486 e. The number of nitrogen functional groups attached to an aromatic ring is 1. The summed E-state index contributed by atoms with van der Waals surface area (Å²) in [5.41, 5.74) is 6.40. The molecule has 1 aromatic heterocycles. The van der Waals surface area contributed by atoms with Crippen LogP contribution < -0.4 is 10.5 Å². The van der Waals surface area contributed by atoms with Crippen LogP contribution in [0, 0.1) is 0 Å². The third-order valence-electron chi connectivity index (χ3n) is 1.81. The molecule has 0 spiro atoms. The van der Waals surface area contributed by atoms with E-state index in [0.717, 1.165) is 15.2 Å². The lowest BCUT2D eigenvalue weighted by Crippen LogP contribution is -1.95. The van der Waals surface area contributed by atoms with Crippen molar-refractivity contribution in [2.45, 2.75) is 6.61 Å². The van der Waals surface area contributed by atoms with Gasteiger partial charge in [0.05, 0.1) is 0 Å². The van der Waals surface area contributed by atoms with Gasteiger partial charge in [-0.15, -0.1) is 11.3 Å². The van der Waals surface area contributed by atoms with E-state index in [1.165, 1.54) is 0 Å². The van der Waals surface area contributed by atoms with E-state index in [4.69, 9.17) is 10.5 Å². The number of aromatic nitrogens is 1. The summed E-state index contributed by atoms with van der Waals surface area (Å²) < 4.78 is 6.41. The van der Waals surface area contributed by atoms with Gasteiger partial charge in [0.1, 0.15) is 17.4 Å². The Labute approximate surface area is 100 Å². The van der Waals surface area contributed by atoms with Crippen molar-refractivity contribution in [2.24, 2.45) is 0 Å². The molecule has 0 aliphatic heterocycles. The van der Waals surface area contributed by atoms with Gasteiger partial charge in [0.15, 0.2) is 0 Å². The van der Waals surface area contributed by atoms with Gasteiger partial charge < -0.3 is 10.5 Å². The molecule has 0 aliphatic carbocycles. The molecule has 0 radical (unpaired) electrons. The summed E-state index contributed by atoms with van der Waals surface area (Å²) in [4.78, 5) is 4.12. The first-order chi connectivity index (χ1) is 7.25. The Morgan fingerprint density at radius 2 is 2.33 bits per heavy atom. The van der Waals surface area contributed by atoms with Gasteiger partial charge in [-0.2, -0.15) is 0 Å². The predicted molar refractivity (Wildman–Crippen MR) is 65.0 cm³/mol. The minimum atomic E-state index is 0.485. The van der Waals surface area contributed by atoms with Crippen molar-refractivity contribution >= 4 is 33.0 Å². The summed E-state index contributed by atoms with van der Waals surface area (Å²) in [7, 11) is 0. The van der Waals surface area contributed by atoms with Crippen LogP contribution in [0.3, 0.4) is 0 Å². The molecule has 0 bridgehead atoms. The lowest BCUT2D eigenvalue weighted by atomic mass is 10.3. The second-order valence-electron chi connectivity index (χ2n) is 2.90. The van der Waals surface area contributed by atoms with E-state index in [0.29, 0.717) is 12.3 Å². The molecular formula is C10H9BrN2OS. The van der Waals surface area contributed by atoms with Crippen LogP contribution in [-0.4, -0.2) is 4.98 Å². The molecule has 0 saturated heterocycles. The average molecular weight is 285 g/mol. The lowest BCUT2D eigenvalue weighted by Gasteiger charge is -2.05. The molecule has 15 heavy (non-hydrogen) atoms. The zero-order chi connectivity index (χ0) is 10.7. The van der Waals surface area contributed by atoms with E-state index in [9.17, 15) is 0 Å². The summed E-state index contributed by atoms with van der Waals surface area (Å²) >= 11 is 4.90. The molecule has 78 valence electrons. The highest BCUT2D eigenvalue weighted by atomic mass is 79.9. The van der Waals surface area contributed by atoms with Gasteiger partial charge in [0.2, 0.25) is 0 Å². The molecule has 2 N–H and O–H groups in total. The topological polar surface area (TPSA) is 48.1 Å². The summed E-state index contributed by atoms with van der Waals surface area (Å²) in [6.07, 6.45) is 1.76. The quantitative estimate of drug-likeness (QED) is 0.882. The van der Waals surface area contributed by atoms with Crippen molar-refractivity contribution in [3.05, 3.63) is 39.3 Å². The fourth-order valence-corrected chi connectivity index (χ4v) is 1.86. The summed E-state index contributed by atoms with van der Waals surface area (Å²) in [6, 6.07) is 5.53. The van der Waals surface area contributed by atoms with E-state index in [2.05, 4.69) is 20.9 Å². The van der Waals surface area contributed by atoms with Gasteiger partial charge in [0.25, 0.3) is 0 Å². The van der Waals surface area contributed by atoms with E-state index in [1.807, 2.05) is 17.5 Å². The first-order valence-corrected chi connectivity index (χ1v) is 5.99. The third kappa shape index (κ3) is 2.70. The molecule has 0 aliphatic rings. The Kier molecular flexibility index (Phi) is 3.23. The Morgan fingerprint density at radius 3 is 3.00 bits per heavy atom. The maximum atomic E-state index is 5.73. The predicted octanol–water partition coefficient (Wildman–Crippen LogP) is 3.07. The molecule has 0 amide bonds. The molecular weight excluding hydrogens is 276 g/mol. The molecule has 0 saturated carbocycles. The van der Waals surface area contributed by atoms with Gasteiger partial charge in [-0.1, -0.05) is 0 Å². The second-order valence-corrected chi connectivity index (χ2v) is 4.73. The number of hydrogen-bond donors (Lipinski definition) is 1. The lowest BCUT2D eigenvalue weighted by molar-refractivity contribution is 0.305. The maximum absolute atomic E-state index is 5.73. The van der Waals surface area contributed by atoms with Gasteiger partial charge in [0, 0.05) is 27.8 Å². The molecule has 5 heteroatoms. The number of benzene rings is 1. The van der Waals surface area contributed by atoms with Crippen molar-refractivity contribution in [3.8, 4) is 5.75 Å². The first kappa shape index (κ1) is 10.4. The van der Waals surface area contributed by atoms with Crippen LogP contribution in [0.4, 0.5) is 5.69 Å². The van der Waals surface area contributed by atoms with E-state index in [1.54, 1.807) is 23.6 Å². The van der Waals surface area contributed by atoms with E-state index < -0.39 is 0 Å². The van der Waals surface area contributed by atoms with Crippen LogP contribution in [0.5, 0.6) is 5.75 Å². The molecule has 2 rings (SSSR count). The molecule has 1 aromatic carbocycles. The Balaban J connectivity index is 2.02. The molecule has 2 aromatic rings. The molecule has 0 atom stereocenters. The average Bonchev–Trinajstić information content (AvgIpc) is 2.73. The fraction of sp³-hybridized carbons (Fsp3) is 0.100. The second kappa shape index (κ2) is 4.63. The Morgan fingerprint density at radius 1 is 1.47 bits per heavy atom. The number of halogens is 1. The van der Waals surface area contributed by atoms with Crippen molar-refractivity contribution in [3.63, 3.8) is 0 Å². The third-order valence-corrected chi connectivity index (χ3v) is 3.29. The van der Waals surface area contributed by atoms with Crippen LogP contribution in [0.1, 0.15) is 5.01 Å². The number of nitrogens with zero attached hydrogens (tertiary/aromatic N) is 1. The number of rotatable bonds is 3. The fourth-order valence-electron chi connectivity index (χ4n) is 1.08. The van der Waals surface area contributed by atoms with Crippen LogP contribution in [0.25, 0.3) is 0 Å². The van der Waals surface area contributed by atoms with Gasteiger partial charge >= 0.3 is 0 Å². The zero-order valence-electron chi connectivity index (χ0n) is 7.81. The minimum absolute atomic E-state index is 0.485. The van der Waals surface area contributed by atoms with Gasteiger partial charge in [-0.25, -0.2) is 4.98 Å². The van der Waals surface area contributed by atoms with Crippen molar-refractivity contribution in [1.82, 2.24) is 4.98 Å². The standard InChI is InChI=1S/C10H9BrN2OS/c11-8-2-1-7(5-9(8)12)14-6-10-13-3-4-15-10/h1-5H,6,12H2. The Hall–Kier alpha value is -1.07. The SMILES string of the molecule is Nc1cc(OCc2nccs2)ccc1Br. The summed E-state index contributed by atoms with van der Waals surface area (Å²) in [5.74, 6) is 0.755. The normalized spacial score (nSPS) is 10.2. The van der Waals surface area contributed by atoms with E-state index >= 15 is 0 Å². The van der Waals surface area contributed by atoms with Crippen LogP contribution >= 0.6 is 27.3 Å². The highest BCUT2D eigenvalue weighted by molar-refractivity contribution is 9.10. The van der Waals surface area contributed by atoms with E-state index in [-0.39, 0.29) is 0 Å². The smallest absolute Gasteiger partial charge is 0.140 e. The highest BCUT2D eigenvalue weighted by Gasteiger charge is 2.00. The number of nitrogens with two attached hydrogens (primary N) is 1. The van der Waals surface area contributed by atoms with Crippen molar-refractivity contribution in [1.29, 1.82) is 0 Å². The van der Waals surface area contributed by atoms with Crippen LogP contribution in [-0.2, 0) is 6.61 Å². The number of hydrogen-bond acceptors (Lipinski definition) is 4. The van der Waals surface area contributed by atoms with Gasteiger partial charge in [-0.3, -0.25) is 0 Å². The Bertz CT molecular complexity index is 445. The zero-order valence-corrected chi connectivity index (χ0v) is 10.2. The monoisotopic (exact) mass is 284 g/mol. The van der Waals surface area contributed by atoms with Crippen molar-refractivity contribution < 1.29 is 4.74 Å². The molecule has 1 heterocycles. The van der Waals surface area contributed by atoms with Crippen LogP contribution in [0.2, 0.25) is 0 Å². The first-order valence-electron chi connectivity index (χ1n) is 4.32. The highest BCUT2D eigenvalue weighted by Crippen LogP contribution is 2.24. The summed E-state index contributed by atoms with van der Waals surface area (Å²) in [6.45, 7) is 0.485. The number of thiazole rings is 1. The number of anilines is 1.